The number of carbonyl (C=O) groups excluding carboxylic acids is 2. The number of ether oxygens (including phenoxy) is 2. The number of nitrogens with two attached hydrogens (primary N) is 1. The molecule has 0 aliphatic heterocycles. The minimum atomic E-state index is -0.417. The number of carbonyl (C=O) groups is 2. The van der Waals surface area contributed by atoms with Gasteiger partial charge in [0.1, 0.15) is 11.5 Å². The molecule has 2 aromatic heterocycles. The van der Waals surface area contributed by atoms with Gasteiger partial charge in [-0.3, -0.25) is 9.59 Å². The van der Waals surface area contributed by atoms with Gasteiger partial charge in [0.15, 0.2) is 11.0 Å². The first-order valence-corrected chi connectivity index (χ1v) is 10.8. The van der Waals surface area contributed by atoms with Gasteiger partial charge in [-0.05, 0) is 23.6 Å². The van der Waals surface area contributed by atoms with E-state index >= 15 is 0 Å². The van der Waals surface area contributed by atoms with Crippen LogP contribution in [0.2, 0.25) is 0 Å². The molecule has 0 unspecified atom stereocenters. The summed E-state index contributed by atoms with van der Waals surface area (Å²) in [6.07, 6.45) is 0.150. The highest BCUT2D eigenvalue weighted by Crippen LogP contribution is 2.30. The number of amides is 2. The number of thiophene rings is 1. The summed E-state index contributed by atoms with van der Waals surface area (Å²) < 4.78 is 12.3. The number of nitrogens with zero attached hydrogens (tertiary/aromatic N) is 3. The molecule has 0 saturated carbocycles. The first-order chi connectivity index (χ1) is 14.5. The molecule has 0 saturated heterocycles. The van der Waals surface area contributed by atoms with E-state index in [9.17, 15) is 9.59 Å². The Balaban J connectivity index is 1.72. The fourth-order valence-electron chi connectivity index (χ4n) is 2.64. The van der Waals surface area contributed by atoms with Crippen molar-refractivity contribution in [3.05, 3.63) is 35.7 Å². The van der Waals surface area contributed by atoms with E-state index in [0.29, 0.717) is 34.7 Å². The molecule has 3 aromatic rings. The molecule has 0 spiro atoms. The van der Waals surface area contributed by atoms with Gasteiger partial charge in [0.2, 0.25) is 11.8 Å². The number of hydrogen-bond donors (Lipinski definition) is 2. The van der Waals surface area contributed by atoms with Crippen molar-refractivity contribution in [3.8, 4) is 22.2 Å². The lowest BCUT2D eigenvalue weighted by molar-refractivity contribution is -0.118. The number of anilines is 1. The molecule has 0 aliphatic rings. The zero-order valence-corrected chi connectivity index (χ0v) is 18.1. The topological polar surface area (TPSA) is 121 Å². The number of hydrogen-bond acceptors (Lipinski definition) is 8. The average Bonchev–Trinajstić information content (AvgIpc) is 3.40. The molecule has 1 aromatic carbocycles. The Labute approximate surface area is 181 Å². The molecule has 0 atom stereocenters. The normalized spacial score (nSPS) is 10.6. The summed E-state index contributed by atoms with van der Waals surface area (Å²) in [4.78, 5) is 24.7. The minimum absolute atomic E-state index is 0.0967. The molecule has 3 rings (SSSR count). The summed E-state index contributed by atoms with van der Waals surface area (Å²) >= 11 is 2.74. The van der Waals surface area contributed by atoms with Crippen LogP contribution in [0.25, 0.3) is 10.7 Å². The Morgan fingerprint density at radius 3 is 2.73 bits per heavy atom. The second-order valence-electron chi connectivity index (χ2n) is 6.05. The van der Waals surface area contributed by atoms with E-state index in [0.717, 1.165) is 4.88 Å². The van der Waals surface area contributed by atoms with Crippen molar-refractivity contribution in [1.82, 2.24) is 14.8 Å². The van der Waals surface area contributed by atoms with Crippen molar-refractivity contribution < 1.29 is 19.1 Å². The van der Waals surface area contributed by atoms with Crippen LogP contribution in [-0.4, -0.2) is 46.6 Å². The van der Waals surface area contributed by atoms with Crippen LogP contribution >= 0.6 is 23.1 Å². The van der Waals surface area contributed by atoms with Gasteiger partial charge in [0.25, 0.3) is 0 Å². The van der Waals surface area contributed by atoms with Crippen LogP contribution in [0.3, 0.4) is 0 Å². The van der Waals surface area contributed by atoms with Crippen LogP contribution in [0, 0.1) is 0 Å². The second kappa shape index (κ2) is 10.1. The van der Waals surface area contributed by atoms with E-state index in [-0.39, 0.29) is 18.1 Å². The summed E-state index contributed by atoms with van der Waals surface area (Å²) in [7, 11) is 3.08. The van der Waals surface area contributed by atoms with Crippen LogP contribution in [-0.2, 0) is 16.1 Å². The van der Waals surface area contributed by atoms with Crippen molar-refractivity contribution in [2.75, 3.05) is 25.3 Å². The molecule has 2 amide bonds. The number of rotatable bonds is 10. The van der Waals surface area contributed by atoms with Gasteiger partial charge < -0.3 is 25.1 Å². The van der Waals surface area contributed by atoms with Gasteiger partial charge in [0.05, 0.1) is 30.5 Å². The van der Waals surface area contributed by atoms with Gasteiger partial charge >= 0.3 is 0 Å². The van der Waals surface area contributed by atoms with Crippen LogP contribution < -0.4 is 20.5 Å². The minimum Gasteiger partial charge on any atom is -0.497 e. The van der Waals surface area contributed by atoms with Crippen molar-refractivity contribution in [2.45, 2.75) is 18.1 Å². The molecule has 0 radical (unpaired) electrons. The Morgan fingerprint density at radius 1 is 1.23 bits per heavy atom. The van der Waals surface area contributed by atoms with Gasteiger partial charge in [-0.15, -0.1) is 21.5 Å². The van der Waals surface area contributed by atoms with E-state index in [2.05, 4.69) is 15.5 Å². The largest absolute Gasteiger partial charge is 0.497 e. The monoisotopic (exact) mass is 447 g/mol. The Kier molecular flexibility index (Phi) is 7.31. The van der Waals surface area contributed by atoms with Crippen LogP contribution in [0.1, 0.15) is 6.42 Å². The molecule has 0 bridgehead atoms. The van der Waals surface area contributed by atoms with Crippen molar-refractivity contribution in [2.24, 2.45) is 5.73 Å². The summed E-state index contributed by atoms with van der Waals surface area (Å²) in [5.41, 5.74) is 5.81. The van der Waals surface area contributed by atoms with Gasteiger partial charge in [-0.1, -0.05) is 17.8 Å². The molecule has 9 nitrogen and oxygen atoms in total. The molecule has 158 valence electrons. The lowest BCUT2D eigenvalue weighted by Crippen LogP contribution is -2.17. The first kappa shape index (κ1) is 21.7. The first-order valence-electron chi connectivity index (χ1n) is 8.92. The van der Waals surface area contributed by atoms with Gasteiger partial charge in [0, 0.05) is 19.0 Å². The van der Waals surface area contributed by atoms with E-state index in [1.165, 1.54) is 30.2 Å². The predicted octanol–water partition coefficient (Wildman–Crippen LogP) is 2.63. The lowest BCUT2D eigenvalue weighted by atomic mass is 10.2. The smallest absolute Gasteiger partial charge is 0.234 e. The number of methoxy groups -OCH3 is 2. The zero-order valence-electron chi connectivity index (χ0n) is 16.5. The van der Waals surface area contributed by atoms with Crippen molar-refractivity contribution >= 4 is 40.6 Å². The summed E-state index contributed by atoms with van der Waals surface area (Å²) in [6, 6.07) is 8.98. The molecule has 2 heterocycles. The summed E-state index contributed by atoms with van der Waals surface area (Å²) in [5, 5.41) is 13.7. The van der Waals surface area contributed by atoms with Crippen molar-refractivity contribution in [1.29, 1.82) is 0 Å². The number of benzene rings is 1. The molecule has 3 N–H and O–H groups in total. The van der Waals surface area contributed by atoms with E-state index < -0.39 is 5.91 Å². The van der Waals surface area contributed by atoms with Crippen molar-refractivity contribution in [3.63, 3.8) is 0 Å². The number of nitrogens with one attached hydrogen (secondary N) is 1. The number of thioether (sulfide) groups is 1. The van der Waals surface area contributed by atoms with Crippen LogP contribution in [0.15, 0.2) is 40.9 Å². The predicted molar refractivity (Wildman–Crippen MR) is 116 cm³/mol. The fourth-order valence-corrected chi connectivity index (χ4v) is 4.12. The van der Waals surface area contributed by atoms with Crippen LogP contribution in [0.5, 0.6) is 11.5 Å². The van der Waals surface area contributed by atoms with E-state index in [4.69, 9.17) is 15.2 Å². The molecule has 30 heavy (non-hydrogen) atoms. The third-order valence-electron chi connectivity index (χ3n) is 4.05. The number of primary amides is 1. The number of aromatic nitrogens is 3. The Hall–Kier alpha value is -3.05. The molecule has 11 heteroatoms. The van der Waals surface area contributed by atoms with E-state index in [1.54, 1.807) is 29.9 Å². The maximum absolute atomic E-state index is 12.5. The SMILES string of the molecule is COc1ccc(OC)c(NC(=O)CSc2nnc(-c3cccs3)n2CCC(N)=O)c1. The quantitative estimate of drug-likeness (QED) is 0.458. The van der Waals surface area contributed by atoms with Crippen LogP contribution in [0.4, 0.5) is 5.69 Å². The molecule has 0 aliphatic carbocycles. The third kappa shape index (κ3) is 5.30. The fraction of sp³-hybridized carbons (Fsp3) is 0.263. The maximum Gasteiger partial charge on any atom is 0.234 e. The van der Waals surface area contributed by atoms with Gasteiger partial charge in [-0.2, -0.15) is 0 Å². The Morgan fingerprint density at radius 2 is 2.07 bits per heavy atom. The maximum atomic E-state index is 12.5. The zero-order chi connectivity index (χ0) is 21.5. The Bertz CT molecular complexity index is 1020. The lowest BCUT2D eigenvalue weighted by Gasteiger charge is -2.12. The average molecular weight is 448 g/mol. The van der Waals surface area contributed by atoms with E-state index in [1.807, 2.05) is 17.5 Å². The highest BCUT2D eigenvalue weighted by Gasteiger charge is 2.17. The summed E-state index contributed by atoms with van der Waals surface area (Å²) in [6.45, 7) is 0.337. The summed E-state index contributed by atoms with van der Waals surface area (Å²) in [5.74, 6) is 1.21. The molecular weight excluding hydrogens is 426 g/mol. The third-order valence-corrected chi connectivity index (χ3v) is 5.89. The second-order valence-corrected chi connectivity index (χ2v) is 7.94. The van der Waals surface area contributed by atoms with Gasteiger partial charge in [-0.25, -0.2) is 0 Å². The molecular formula is C19H21N5O4S2. The molecule has 0 fully saturated rings. The highest BCUT2D eigenvalue weighted by molar-refractivity contribution is 7.99. The standard InChI is InChI=1S/C19H21N5O4S2/c1-27-12-5-6-14(28-2)13(10-12)21-17(26)11-30-19-23-22-18(15-4-3-9-29-15)24(19)8-7-16(20)25/h3-6,9-10H,7-8,11H2,1-2H3,(H2,20,25)(H,21,26). The highest BCUT2D eigenvalue weighted by atomic mass is 32.2.